The number of hydrogen-bond acceptors (Lipinski definition) is 3. The number of phenolic OH excluding ortho intramolecular Hbond substituents is 1. The molecule has 0 aliphatic carbocycles. The molecule has 0 bridgehead atoms. The van der Waals surface area contributed by atoms with Crippen LogP contribution in [0.5, 0.6) is 5.75 Å². The molecular weight excluding hydrogens is 267 g/mol. The molecule has 1 aromatic carbocycles. The minimum absolute atomic E-state index is 0.160. The second kappa shape index (κ2) is 6.37. The van der Waals surface area contributed by atoms with Gasteiger partial charge in [-0.05, 0) is 18.6 Å². The molecule has 3 nitrogen and oxygen atoms in total. The summed E-state index contributed by atoms with van der Waals surface area (Å²) >= 11 is 5.90. The van der Waals surface area contributed by atoms with E-state index in [1.54, 1.807) is 6.08 Å². The summed E-state index contributed by atoms with van der Waals surface area (Å²) in [5.41, 5.74) is 0.273. The lowest BCUT2D eigenvalue weighted by atomic mass is 9.99. The molecule has 104 valence electrons. The Hall–Kier alpha value is -1.10. The molecule has 1 heterocycles. The number of benzene rings is 1. The van der Waals surface area contributed by atoms with Crippen molar-refractivity contribution in [1.29, 1.82) is 0 Å². The van der Waals surface area contributed by atoms with Gasteiger partial charge >= 0.3 is 0 Å². The van der Waals surface area contributed by atoms with E-state index in [4.69, 9.17) is 11.6 Å². The van der Waals surface area contributed by atoms with Gasteiger partial charge in [-0.3, -0.25) is 4.90 Å². The molecule has 2 N–H and O–H groups in total. The molecule has 0 aromatic heterocycles. The average Bonchev–Trinajstić information content (AvgIpc) is 2.43. The first-order valence-electron chi connectivity index (χ1n) is 6.37. The summed E-state index contributed by atoms with van der Waals surface area (Å²) in [7, 11) is 0. The lowest BCUT2D eigenvalue weighted by Gasteiger charge is -2.35. The Morgan fingerprint density at radius 2 is 2.16 bits per heavy atom. The fraction of sp³-hybridized carbons (Fsp3) is 0.429. The topological polar surface area (TPSA) is 35.5 Å². The van der Waals surface area contributed by atoms with Gasteiger partial charge in [-0.25, -0.2) is 4.39 Å². The number of nitrogens with zero attached hydrogens (tertiary/aromatic N) is 1. The monoisotopic (exact) mass is 284 g/mol. The molecule has 1 saturated heterocycles. The van der Waals surface area contributed by atoms with E-state index in [9.17, 15) is 9.50 Å². The molecule has 0 spiro atoms. The molecule has 5 heteroatoms. The normalized spacial score (nSPS) is 18.2. The summed E-state index contributed by atoms with van der Waals surface area (Å²) in [5, 5.41) is 13.5. The van der Waals surface area contributed by atoms with Gasteiger partial charge in [-0.15, -0.1) is 6.58 Å². The summed E-state index contributed by atoms with van der Waals surface area (Å²) in [6, 6.07) is 2.45. The summed E-state index contributed by atoms with van der Waals surface area (Å²) in [6.45, 7) is 7.06. The van der Waals surface area contributed by atoms with E-state index in [2.05, 4.69) is 16.8 Å². The highest BCUT2D eigenvalue weighted by Crippen LogP contribution is 2.38. The Bertz CT molecular complexity index is 461. The molecule has 0 amide bonds. The van der Waals surface area contributed by atoms with Crippen LogP contribution in [-0.2, 0) is 0 Å². The largest absolute Gasteiger partial charge is 0.506 e. The van der Waals surface area contributed by atoms with Crippen LogP contribution in [0.1, 0.15) is 18.0 Å². The van der Waals surface area contributed by atoms with E-state index in [0.29, 0.717) is 6.42 Å². The molecule has 0 unspecified atom stereocenters. The van der Waals surface area contributed by atoms with Crippen LogP contribution < -0.4 is 5.32 Å². The lowest BCUT2D eigenvalue weighted by molar-refractivity contribution is 0.168. The van der Waals surface area contributed by atoms with Gasteiger partial charge in [-0.1, -0.05) is 17.7 Å². The van der Waals surface area contributed by atoms with Crippen molar-refractivity contribution in [3.63, 3.8) is 0 Å². The highest BCUT2D eigenvalue weighted by atomic mass is 35.5. The molecule has 19 heavy (non-hydrogen) atoms. The molecular formula is C14H18ClFN2O. The molecule has 1 fully saturated rings. The van der Waals surface area contributed by atoms with E-state index >= 15 is 0 Å². The van der Waals surface area contributed by atoms with Crippen molar-refractivity contribution in [1.82, 2.24) is 10.2 Å². The van der Waals surface area contributed by atoms with Crippen molar-refractivity contribution in [2.75, 3.05) is 26.2 Å². The van der Waals surface area contributed by atoms with Crippen LogP contribution in [0, 0.1) is 5.82 Å². The number of piperazine rings is 1. The van der Waals surface area contributed by atoms with Gasteiger partial charge in [0, 0.05) is 37.8 Å². The maximum absolute atomic E-state index is 14.1. The van der Waals surface area contributed by atoms with Crippen molar-refractivity contribution < 1.29 is 9.50 Å². The van der Waals surface area contributed by atoms with Gasteiger partial charge in [-0.2, -0.15) is 0 Å². The number of rotatable bonds is 4. The Morgan fingerprint density at radius 1 is 1.47 bits per heavy atom. The van der Waals surface area contributed by atoms with Crippen LogP contribution in [0.4, 0.5) is 4.39 Å². The number of nitrogens with one attached hydrogen (secondary N) is 1. The molecule has 1 aliphatic heterocycles. The van der Waals surface area contributed by atoms with Crippen LogP contribution in [0.3, 0.4) is 0 Å². The van der Waals surface area contributed by atoms with E-state index in [0.717, 1.165) is 26.2 Å². The predicted octanol–water partition coefficient (Wildman–Crippen LogP) is 2.71. The smallest absolute Gasteiger partial charge is 0.141 e. The highest BCUT2D eigenvalue weighted by Gasteiger charge is 2.27. The van der Waals surface area contributed by atoms with E-state index < -0.39 is 5.82 Å². The zero-order valence-corrected chi connectivity index (χ0v) is 11.5. The van der Waals surface area contributed by atoms with E-state index in [1.165, 1.54) is 12.1 Å². The number of halogens is 2. The molecule has 0 radical (unpaired) electrons. The Labute approximate surface area is 117 Å². The minimum Gasteiger partial charge on any atom is -0.506 e. The third kappa shape index (κ3) is 3.08. The van der Waals surface area contributed by atoms with Crippen LogP contribution in [-0.4, -0.2) is 36.2 Å². The molecule has 2 rings (SSSR count). The lowest BCUT2D eigenvalue weighted by Crippen LogP contribution is -2.45. The van der Waals surface area contributed by atoms with Crippen molar-refractivity contribution in [3.8, 4) is 5.75 Å². The van der Waals surface area contributed by atoms with Crippen LogP contribution in [0.25, 0.3) is 0 Å². The maximum atomic E-state index is 14.1. The summed E-state index contributed by atoms with van der Waals surface area (Å²) in [6.07, 6.45) is 2.32. The Balaban J connectivity index is 2.37. The fourth-order valence-corrected chi connectivity index (χ4v) is 2.64. The SMILES string of the molecule is C=CC[C@H](c1c(F)ccc(Cl)c1O)N1CCNCC1. The van der Waals surface area contributed by atoms with Gasteiger partial charge in [0.2, 0.25) is 0 Å². The fourth-order valence-electron chi connectivity index (χ4n) is 2.47. The van der Waals surface area contributed by atoms with E-state index in [1.807, 2.05) is 0 Å². The number of phenols is 1. The number of aromatic hydroxyl groups is 1. The summed E-state index contributed by atoms with van der Waals surface area (Å²) in [5.74, 6) is -0.584. The third-order valence-electron chi connectivity index (χ3n) is 3.43. The highest BCUT2D eigenvalue weighted by molar-refractivity contribution is 6.32. The van der Waals surface area contributed by atoms with Crippen LogP contribution in [0.2, 0.25) is 5.02 Å². The Morgan fingerprint density at radius 3 is 2.79 bits per heavy atom. The minimum atomic E-state index is -0.424. The number of hydrogen-bond donors (Lipinski definition) is 2. The van der Waals surface area contributed by atoms with Gasteiger partial charge in [0.25, 0.3) is 0 Å². The molecule has 1 atom stereocenters. The summed E-state index contributed by atoms with van der Waals surface area (Å²) in [4.78, 5) is 2.15. The first kappa shape index (κ1) is 14.3. The van der Waals surface area contributed by atoms with Crippen LogP contribution in [0.15, 0.2) is 24.8 Å². The Kier molecular flexibility index (Phi) is 4.80. The van der Waals surface area contributed by atoms with Gasteiger partial charge in [0.15, 0.2) is 0 Å². The zero-order chi connectivity index (χ0) is 13.8. The van der Waals surface area contributed by atoms with Crippen molar-refractivity contribution in [3.05, 3.63) is 41.2 Å². The van der Waals surface area contributed by atoms with Gasteiger partial charge < -0.3 is 10.4 Å². The predicted molar refractivity (Wildman–Crippen MR) is 75.1 cm³/mol. The van der Waals surface area contributed by atoms with Crippen molar-refractivity contribution >= 4 is 11.6 Å². The van der Waals surface area contributed by atoms with Crippen molar-refractivity contribution in [2.24, 2.45) is 0 Å². The second-order valence-corrected chi connectivity index (χ2v) is 5.02. The third-order valence-corrected chi connectivity index (χ3v) is 3.74. The van der Waals surface area contributed by atoms with E-state index in [-0.39, 0.29) is 22.4 Å². The first-order chi connectivity index (χ1) is 9.15. The zero-order valence-electron chi connectivity index (χ0n) is 10.7. The standard InChI is InChI=1S/C14H18ClFN2O/c1-2-3-12(18-8-6-17-7-9-18)13-11(16)5-4-10(15)14(13)19/h2,4-5,12,17,19H,1,3,6-9H2/t12-/m1/s1. The van der Waals surface area contributed by atoms with Gasteiger partial charge in [0.05, 0.1) is 5.02 Å². The van der Waals surface area contributed by atoms with Crippen LogP contribution >= 0.6 is 11.6 Å². The first-order valence-corrected chi connectivity index (χ1v) is 6.75. The average molecular weight is 285 g/mol. The molecule has 1 aliphatic rings. The quantitative estimate of drug-likeness (QED) is 0.835. The molecule has 1 aromatic rings. The summed E-state index contributed by atoms with van der Waals surface area (Å²) < 4.78 is 14.1. The van der Waals surface area contributed by atoms with Crippen molar-refractivity contribution in [2.45, 2.75) is 12.5 Å². The second-order valence-electron chi connectivity index (χ2n) is 4.62. The maximum Gasteiger partial charge on any atom is 0.141 e. The molecule has 0 saturated carbocycles. The van der Waals surface area contributed by atoms with Gasteiger partial charge in [0.1, 0.15) is 11.6 Å².